The molecule has 1 aromatic carbocycles. The van der Waals surface area contributed by atoms with Crippen LogP contribution in [-0.4, -0.2) is 23.1 Å². The van der Waals surface area contributed by atoms with Gasteiger partial charge in [0, 0.05) is 18.7 Å². The molecule has 0 N–H and O–H groups in total. The van der Waals surface area contributed by atoms with Crippen LogP contribution in [0, 0.1) is 0 Å². The Hall–Kier alpha value is -1.65. The van der Waals surface area contributed by atoms with E-state index in [4.69, 9.17) is 4.74 Å². The Morgan fingerprint density at radius 3 is 2.65 bits per heavy atom. The zero-order chi connectivity index (χ0) is 14.9. The minimum atomic E-state index is -2.47. The third-order valence-electron chi connectivity index (χ3n) is 3.19. The molecule has 5 heteroatoms. The van der Waals surface area contributed by atoms with Crippen LogP contribution in [0.1, 0.15) is 43.9 Å². The third-order valence-corrected chi connectivity index (χ3v) is 3.19. The number of rotatable bonds is 1. The van der Waals surface area contributed by atoms with Gasteiger partial charge < -0.3 is 9.64 Å². The molecule has 0 radical (unpaired) electrons. The van der Waals surface area contributed by atoms with Crippen molar-refractivity contribution in [3.8, 4) is 0 Å². The molecule has 0 aromatic heterocycles. The molecule has 1 aromatic rings. The van der Waals surface area contributed by atoms with Gasteiger partial charge in [0.25, 0.3) is 6.43 Å². The molecule has 1 heterocycles. The molecule has 2 rings (SSSR count). The number of carbonyl (C=O) groups excluding carboxylic acids is 1. The minimum absolute atomic E-state index is 0.0753. The van der Waals surface area contributed by atoms with Crippen molar-refractivity contribution in [2.24, 2.45) is 0 Å². The molecule has 3 nitrogen and oxygen atoms in total. The highest BCUT2D eigenvalue weighted by atomic mass is 19.3. The summed E-state index contributed by atoms with van der Waals surface area (Å²) in [6.45, 7) is 6.14. The highest BCUT2D eigenvalue weighted by molar-refractivity contribution is 5.68. The van der Waals surface area contributed by atoms with E-state index in [0.717, 1.165) is 5.56 Å². The predicted molar refractivity (Wildman–Crippen MR) is 71.7 cm³/mol. The molecule has 0 saturated heterocycles. The van der Waals surface area contributed by atoms with Crippen molar-refractivity contribution in [3.05, 3.63) is 34.9 Å². The Morgan fingerprint density at radius 1 is 1.35 bits per heavy atom. The van der Waals surface area contributed by atoms with Crippen molar-refractivity contribution in [2.45, 2.75) is 45.8 Å². The molecule has 20 heavy (non-hydrogen) atoms. The van der Waals surface area contributed by atoms with Crippen molar-refractivity contribution < 1.29 is 18.3 Å². The van der Waals surface area contributed by atoms with E-state index in [1.165, 1.54) is 6.07 Å². The molecule has 1 aliphatic heterocycles. The Kier molecular flexibility index (Phi) is 3.97. The lowest BCUT2D eigenvalue weighted by molar-refractivity contribution is 0.0223. The number of nitrogens with zero attached hydrogens (tertiary/aromatic N) is 1. The van der Waals surface area contributed by atoms with Gasteiger partial charge in [0.2, 0.25) is 0 Å². The second-order valence-corrected chi connectivity index (χ2v) is 5.94. The summed E-state index contributed by atoms with van der Waals surface area (Å²) >= 11 is 0. The molecule has 0 atom stereocenters. The smallest absolute Gasteiger partial charge is 0.410 e. The van der Waals surface area contributed by atoms with E-state index in [1.54, 1.807) is 37.8 Å². The molecule has 0 spiro atoms. The highest BCUT2D eigenvalue weighted by Gasteiger charge is 2.27. The number of alkyl halides is 2. The van der Waals surface area contributed by atoms with Gasteiger partial charge in [-0.25, -0.2) is 13.6 Å². The summed E-state index contributed by atoms with van der Waals surface area (Å²) in [5.41, 5.74) is 0.968. The first-order valence-corrected chi connectivity index (χ1v) is 6.64. The fraction of sp³-hybridized carbons (Fsp3) is 0.533. The standard InChI is InChI=1S/C15H19F2NO2/c1-15(2,3)20-14(19)18-8-7-11-10(9-18)5-4-6-12(11)13(16)17/h4-6,13H,7-9H2,1-3H3. The van der Waals surface area contributed by atoms with E-state index in [9.17, 15) is 13.6 Å². The number of hydrogen-bond acceptors (Lipinski definition) is 2. The summed E-state index contributed by atoms with van der Waals surface area (Å²) in [6, 6.07) is 4.85. The average Bonchev–Trinajstić information content (AvgIpc) is 2.35. The summed E-state index contributed by atoms with van der Waals surface area (Å²) < 4.78 is 31.2. The van der Waals surface area contributed by atoms with E-state index >= 15 is 0 Å². The first kappa shape index (κ1) is 14.8. The summed E-state index contributed by atoms with van der Waals surface area (Å²) in [6.07, 6.45) is -2.43. The zero-order valence-electron chi connectivity index (χ0n) is 12.0. The van der Waals surface area contributed by atoms with Gasteiger partial charge in [-0.05, 0) is 38.3 Å². The normalized spacial score (nSPS) is 15.2. The largest absolute Gasteiger partial charge is 0.444 e. The average molecular weight is 283 g/mol. The minimum Gasteiger partial charge on any atom is -0.444 e. The van der Waals surface area contributed by atoms with Crippen LogP contribution in [0.3, 0.4) is 0 Å². The van der Waals surface area contributed by atoms with Crippen LogP contribution in [0.25, 0.3) is 0 Å². The molecule has 110 valence electrons. The SMILES string of the molecule is CC(C)(C)OC(=O)N1CCc2c(cccc2C(F)F)C1. The number of hydrogen-bond donors (Lipinski definition) is 0. The number of benzene rings is 1. The lowest BCUT2D eigenvalue weighted by atomic mass is 9.95. The first-order chi connectivity index (χ1) is 9.28. The van der Waals surface area contributed by atoms with E-state index < -0.39 is 18.1 Å². The number of halogens is 2. The van der Waals surface area contributed by atoms with Crippen molar-refractivity contribution in [3.63, 3.8) is 0 Å². The predicted octanol–water partition coefficient (Wildman–Crippen LogP) is 3.92. The summed E-state index contributed by atoms with van der Waals surface area (Å²) in [5, 5.41) is 0. The van der Waals surface area contributed by atoms with E-state index in [2.05, 4.69) is 0 Å². The van der Waals surface area contributed by atoms with Gasteiger partial charge in [0.05, 0.1) is 0 Å². The maximum Gasteiger partial charge on any atom is 0.410 e. The van der Waals surface area contributed by atoms with Gasteiger partial charge in [-0.2, -0.15) is 0 Å². The molecular weight excluding hydrogens is 264 g/mol. The topological polar surface area (TPSA) is 29.5 Å². The van der Waals surface area contributed by atoms with Crippen LogP contribution < -0.4 is 0 Å². The van der Waals surface area contributed by atoms with Crippen molar-refractivity contribution >= 4 is 6.09 Å². The number of fused-ring (bicyclic) bond motifs is 1. The van der Waals surface area contributed by atoms with E-state index in [0.29, 0.717) is 25.1 Å². The van der Waals surface area contributed by atoms with Gasteiger partial charge in [0.1, 0.15) is 5.60 Å². The number of ether oxygens (including phenoxy) is 1. The Labute approximate surface area is 117 Å². The lowest BCUT2D eigenvalue weighted by Crippen LogP contribution is -2.40. The fourth-order valence-electron chi connectivity index (χ4n) is 2.33. The molecular formula is C15H19F2NO2. The van der Waals surface area contributed by atoms with Crippen LogP contribution in [0.4, 0.5) is 13.6 Å². The maximum absolute atomic E-state index is 12.9. The van der Waals surface area contributed by atoms with Gasteiger partial charge in [-0.1, -0.05) is 18.2 Å². The molecule has 1 aliphatic rings. The molecule has 0 aliphatic carbocycles. The summed E-state index contributed by atoms with van der Waals surface area (Å²) in [7, 11) is 0. The van der Waals surface area contributed by atoms with Crippen LogP contribution in [0.15, 0.2) is 18.2 Å². The Balaban J connectivity index is 2.16. The summed E-state index contributed by atoms with van der Waals surface area (Å²) in [5.74, 6) is 0. The van der Waals surface area contributed by atoms with Crippen molar-refractivity contribution in [2.75, 3.05) is 6.54 Å². The van der Waals surface area contributed by atoms with E-state index in [-0.39, 0.29) is 5.56 Å². The van der Waals surface area contributed by atoms with Gasteiger partial charge >= 0.3 is 6.09 Å². The van der Waals surface area contributed by atoms with Gasteiger partial charge in [-0.15, -0.1) is 0 Å². The van der Waals surface area contributed by atoms with Gasteiger partial charge in [0.15, 0.2) is 0 Å². The monoisotopic (exact) mass is 283 g/mol. The van der Waals surface area contributed by atoms with Crippen LogP contribution in [0.2, 0.25) is 0 Å². The maximum atomic E-state index is 12.9. The fourth-order valence-corrected chi connectivity index (χ4v) is 2.33. The molecule has 0 bridgehead atoms. The third kappa shape index (κ3) is 3.26. The molecule has 0 unspecified atom stereocenters. The molecule has 1 amide bonds. The van der Waals surface area contributed by atoms with Gasteiger partial charge in [-0.3, -0.25) is 0 Å². The molecule has 0 fully saturated rings. The Morgan fingerprint density at radius 2 is 2.05 bits per heavy atom. The van der Waals surface area contributed by atoms with Crippen LogP contribution in [0.5, 0.6) is 0 Å². The summed E-state index contributed by atoms with van der Waals surface area (Å²) in [4.78, 5) is 13.6. The van der Waals surface area contributed by atoms with Crippen molar-refractivity contribution in [1.82, 2.24) is 4.90 Å². The second-order valence-electron chi connectivity index (χ2n) is 5.94. The quantitative estimate of drug-likeness (QED) is 0.782. The van der Waals surface area contributed by atoms with Crippen LogP contribution >= 0.6 is 0 Å². The highest BCUT2D eigenvalue weighted by Crippen LogP contribution is 2.29. The Bertz CT molecular complexity index is 509. The lowest BCUT2D eigenvalue weighted by Gasteiger charge is -2.32. The zero-order valence-corrected chi connectivity index (χ0v) is 12.0. The number of carbonyl (C=O) groups is 1. The second kappa shape index (κ2) is 5.38. The number of amides is 1. The van der Waals surface area contributed by atoms with Crippen molar-refractivity contribution in [1.29, 1.82) is 0 Å². The molecule has 0 saturated carbocycles. The van der Waals surface area contributed by atoms with Crippen LogP contribution in [-0.2, 0) is 17.7 Å². The van der Waals surface area contributed by atoms with E-state index in [1.807, 2.05) is 0 Å². The first-order valence-electron chi connectivity index (χ1n) is 6.64.